The fraction of sp³-hybridized carbons (Fsp3) is 0.500. The van der Waals surface area contributed by atoms with E-state index >= 15 is 0 Å². The van der Waals surface area contributed by atoms with Crippen LogP contribution in [0.5, 0.6) is 0 Å². The number of hydrogen-bond acceptors (Lipinski definition) is 4. The van der Waals surface area contributed by atoms with Gasteiger partial charge in [-0.05, 0) is 12.0 Å². The van der Waals surface area contributed by atoms with Crippen LogP contribution in [0.4, 0.5) is 0 Å². The third-order valence-corrected chi connectivity index (χ3v) is 3.97. The summed E-state index contributed by atoms with van der Waals surface area (Å²) >= 11 is 0. The highest BCUT2D eigenvalue weighted by Crippen LogP contribution is 2.40. The molecule has 0 unspecified atom stereocenters. The lowest BCUT2D eigenvalue weighted by Crippen LogP contribution is -2.53. The normalized spacial score (nSPS) is 21.8. The van der Waals surface area contributed by atoms with Gasteiger partial charge in [-0.3, -0.25) is 9.59 Å². The van der Waals surface area contributed by atoms with E-state index in [1.807, 2.05) is 44.2 Å². The van der Waals surface area contributed by atoms with Crippen LogP contribution in [0.1, 0.15) is 39.7 Å². The maximum Gasteiger partial charge on any atom is 0.324 e. The van der Waals surface area contributed by atoms with Gasteiger partial charge in [0, 0.05) is 19.3 Å². The second-order valence-electron chi connectivity index (χ2n) is 5.81. The number of rotatable bonds is 3. The number of hydrogen-bond donors (Lipinski definition) is 0. The van der Waals surface area contributed by atoms with Crippen LogP contribution in [0, 0.1) is 5.92 Å². The van der Waals surface area contributed by atoms with Crippen molar-refractivity contribution < 1.29 is 19.1 Å². The van der Waals surface area contributed by atoms with E-state index in [0.717, 1.165) is 5.56 Å². The summed E-state index contributed by atoms with van der Waals surface area (Å²) < 4.78 is 10.5. The summed E-state index contributed by atoms with van der Waals surface area (Å²) in [4.78, 5) is 24.6. The fourth-order valence-electron chi connectivity index (χ4n) is 2.63. The third kappa shape index (κ3) is 2.42. The van der Waals surface area contributed by atoms with Crippen molar-refractivity contribution in [3.8, 4) is 0 Å². The summed E-state index contributed by atoms with van der Waals surface area (Å²) in [5.74, 6) is -3.14. The van der Waals surface area contributed by atoms with Crippen molar-refractivity contribution in [1.29, 1.82) is 0 Å². The van der Waals surface area contributed by atoms with Gasteiger partial charge in [-0.1, -0.05) is 44.2 Å². The van der Waals surface area contributed by atoms with Gasteiger partial charge in [0.05, 0.1) is 0 Å². The molecule has 4 nitrogen and oxygen atoms in total. The Bertz CT molecular complexity index is 501. The molecule has 1 aromatic carbocycles. The van der Waals surface area contributed by atoms with Gasteiger partial charge in [-0.15, -0.1) is 0 Å². The largest absolute Gasteiger partial charge is 0.422 e. The molecule has 0 aromatic heterocycles. The van der Waals surface area contributed by atoms with E-state index in [1.54, 1.807) is 13.8 Å². The van der Waals surface area contributed by atoms with E-state index in [1.165, 1.54) is 0 Å². The molecule has 108 valence electrons. The first-order chi connectivity index (χ1) is 9.30. The number of carbonyl (C=O) groups is 2. The zero-order valence-electron chi connectivity index (χ0n) is 12.3. The zero-order chi connectivity index (χ0) is 15.0. The smallest absolute Gasteiger partial charge is 0.324 e. The first-order valence-corrected chi connectivity index (χ1v) is 6.81. The second-order valence-corrected chi connectivity index (χ2v) is 5.81. The molecule has 0 amide bonds. The third-order valence-electron chi connectivity index (χ3n) is 3.97. The molecule has 1 heterocycles. The van der Waals surface area contributed by atoms with Gasteiger partial charge in [-0.25, -0.2) is 0 Å². The quantitative estimate of drug-likeness (QED) is 0.629. The van der Waals surface area contributed by atoms with Crippen LogP contribution in [-0.4, -0.2) is 17.7 Å². The summed E-state index contributed by atoms with van der Waals surface area (Å²) in [5.41, 5.74) is 0.299. The van der Waals surface area contributed by atoms with Crippen LogP contribution >= 0.6 is 0 Å². The number of ether oxygens (including phenoxy) is 2. The van der Waals surface area contributed by atoms with Gasteiger partial charge in [0.2, 0.25) is 0 Å². The highest BCUT2D eigenvalue weighted by molar-refractivity contribution is 5.98. The molecule has 0 N–H and O–H groups in total. The van der Waals surface area contributed by atoms with Gasteiger partial charge in [0.1, 0.15) is 0 Å². The minimum absolute atomic E-state index is 0.514. The second kappa shape index (κ2) is 4.93. The number of benzene rings is 1. The summed E-state index contributed by atoms with van der Waals surface area (Å²) in [6, 6.07) is 9.53. The van der Waals surface area contributed by atoms with Crippen molar-refractivity contribution in [3.05, 3.63) is 35.9 Å². The molecule has 0 aliphatic carbocycles. The monoisotopic (exact) mass is 276 g/mol. The Hall–Kier alpha value is -1.84. The Morgan fingerprint density at radius 1 is 1.10 bits per heavy atom. The van der Waals surface area contributed by atoms with Gasteiger partial charge in [0.25, 0.3) is 5.79 Å². The Labute approximate surface area is 119 Å². The Morgan fingerprint density at radius 2 is 1.60 bits per heavy atom. The first kappa shape index (κ1) is 14.6. The summed E-state index contributed by atoms with van der Waals surface area (Å²) in [7, 11) is 0. The van der Waals surface area contributed by atoms with Crippen molar-refractivity contribution in [2.45, 2.75) is 45.3 Å². The van der Waals surface area contributed by atoms with E-state index < -0.39 is 29.1 Å². The summed E-state index contributed by atoms with van der Waals surface area (Å²) in [6.07, 6.45) is 0.631. The molecular formula is C16H20O4. The average Bonchev–Trinajstić information content (AvgIpc) is 2.37. The molecule has 20 heavy (non-hydrogen) atoms. The molecule has 0 spiro atoms. The minimum atomic E-state index is -1.18. The molecule has 1 aromatic rings. The van der Waals surface area contributed by atoms with Crippen molar-refractivity contribution in [1.82, 2.24) is 0 Å². The Balaban J connectivity index is 2.42. The summed E-state index contributed by atoms with van der Waals surface area (Å²) in [5, 5.41) is 0. The highest BCUT2D eigenvalue weighted by atomic mass is 16.7. The molecule has 2 rings (SSSR count). The van der Waals surface area contributed by atoms with Crippen LogP contribution < -0.4 is 0 Å². The molecule has 1 aliphatic rings. The summed E-state index contributed by atoms with van der Waals surface area (Å²) in [6.45, 7) is 6.97. The lowest BCUT2D eigenvalue weighted by molar-refractivity contribution is -0.243. The van der Waals surface area contributed by atoms with Gasteiger partial charge < -0.3 is 9.47 Å². The Morgan fingerprint density at radius 3 is 2.05 bits per heavy atom. The molecule has 0 radical (unpaired) electrons. The van der Waals surface area contributed by atoms with Crippen LogP contribution in [-0.2, 0) is 24.5 Å². The molecular weight excluding hydrogens is 256 g/mol. The molecule has 1 saturated heterocycles. The zero-order valence-corrected chi connectivity index (χ0v) is 12.3. The molecule has 0 bridgehead atoms. The van der Waals surface area contributed by atoms with E-state index in [4.69, 9.17) is 9.47 Å². The van der Waals surface area contributed by atoms with E-state index in [-0.39, 0.29) is 0 Å². The predicted octanol–water partition coefficient (Wildman–Crippen LogP) is 2.81. The van der Waals surface area contributed by atoms with Gasteiger partial charge in [-0.2, -0.15) is 0 Å². The number of carbonyl (C=O) groups excluding carboxylic acids is 2. The number of cyclic esters (lactones) is 2. The minimum Gasteiger partial charge on any atom is -0.422 e. The topological polar surface area (TPSA) is 52.6 Å². The van der Waals surface area contributed by atoms with Gasteiger partial charge >= 0.3 is 11.9 Å². The van der Waals surface area contributed by atoms with Crippen LogP contribution in [0.3, 0.4) is 0 Å². The van der Waals surface area contributed by atoms with Crippen molar-refractivity contribution in [2.24, 2.45) is 5.92 Å². The van der Waals surface area contributed by atoms with Gasteiger partial charge in [0.15, 0.2) is 5.92 Å². The Kier molecular flexibility index (Phi) is 3.59. The molecule has 1 aliphatic heterocycles. The highest BCUT2D eigenvalue weighted by Gasteiger charge is 2.52. The lowest BCUT2D eigenvalue weighted by atomic mass is 9.69. The van der Waals surface area contributed by atoms with E-state index in [2.05, 4.69) is 0 Å². The van der Waals surface area contributed by atoms with E-state index in [9.17, 15) is 9.59 Å². The number of esters is 2. The van der Waals surface area contributed by atoms with Crippen LogP contribution in [0.2, 0.25) is 0 Å². The fourth-order valence-corrected chi connectivity index (χ4v) is 2.63. The standard InChI is InChI=1S/C16H20O4/c1-5-16(4,11-9-7-6-8-10-11)12-13(17)19-15(2,3)20-14(12)18/h6-10,12H,5H2,1-4H3/t16-/m1/s1. The average molecular weight is 276 g/mol. The molecule has 0 saturated carbocycles. The molecule has 1 atom stereocenters. The molecule has 4 heteroatoms. The maximum atomic E-state index is 12.3. The lowest BCUT2D eigenvalue weighted by Gasteiger charge is -2.41. The van der Waals surface area contributed by atoms with Crippen LogP contribution in [0.25, 0.3) is 0 Å². The van der Waals surface area contributed by atoms with Crippen molar-refractivity contribution in [2.75, 3.05) is 0 Å². The van der Waals surface area contributed by atoms with E-state index in [0.29, 0.717) is 6.42 Å². The van der Waals surface area contributed by atoms with Crippen molar-refractivity contribution >= 4 is 11.9 Å². The SMILES string of the molecule is CC[C@](C)(c1ccccc1)C1C(=O)OC(C)(C)OC1=O. The predicted molar refractivity (Wildman–Crippen MR) is 73.8 cm³/mol. The van der Waals surface area contributed by atoms with Crippen molar-refractivity contribution in [3.63, 3.8) is 0 Å². The first-order valence-electron chi connectivity index (χ1n) is 6.81. The van der Waals surface area contributed by atoms with Crippen LogP contribution in [0.15, 0.2) is 30.3 Å². The maximum absolute atomic E-state index is 12.3. The molecule has 1 fully saturated rings.